The fourth-order valence-electron chi connectivity index (χ4n) is 1.36. The molecule has 0 aliphatic heterocycles. The molecule has 0 bridgehead atoms. The Kier molecular flexibility index (Phi) is 3.96. The zero-order chi connectivity index (χ0) is 11.6. The summed E-state index contributed by atoms with van der Waals surface area (Å²) in [6, 6.07) is 2.77. The van der Waals surface area contributed by atoms with E-state index in [1.807, 2.05) is 0 Å². The molecule has 1 heterocycles. The third-order valence-electron chi connectivity index (χ3n) is 2.04. The number of halogens is 2. The molecule has 84 valence electrons. The van der Waals surface area contributed by atoms with Crippen LogP contribution in [0.5, 0.6) is 0 Å². The summed E-state index contributed by atoms with van der Waals surface area (Å²) in [5.41, 5.74) is 0.346. The molecule has 1 aromatic rings. The highest BCUT2D eigenvalue weighted by atomic mass is 35.5. The fourth-order valence-corrected chi connectivity index (χ4v) is 1.62. The van der Waals surface area contributed by atoms with Gasteiger partial charge in [-0.15, -0.1) is 23.2 Å². The summed E-state index contributed by atoms with van der Waals surface area (Å²) < 4.78 is 1.36. The summed E-state index contributed by atoms with van der Waals surface area (Å²) in [6.45, 7) is 2.11. The fraction of sp³-hybridized carbons (Fsp3) is 0.500. The van der Waals surface area contributed by atoms with Gasteiger partial charge in [0.05, 0.1) is 6.54 Å². The molecule has 0 saturated heterocycles. The minimum atomic E-state index is -1.12. The molecule has 5 nitrogen and oxygen atoms in total. The van der Waals surface area contributed by atoms with Gasteiger partial charge in [-0.2, -0.15) is 0 Å². The van der Waals surface area contributed by atoms with E-state index < -0.39 is 15.9 Å². The Morgan fingerprint density at radius 3 is 2.60 bits per heavy atom. The van der Waals surface area contributed by atoms with Crippen LogP contribution in [0, 0.1) is 10.1 Å². The second-order valence-electron chi connectivity index (χ2n) is 2.90. The van der Waals surface area contributed by atoms with Crippen LogP contribution in [0.1, 0.15) is 18.7 Å². The van der Waals surface area contributed by atoms with E-state index in [-0.39, 0.29) is 5.82 Å². The van der Waals surface area contributed by atoms with Gasteiger partial charge in [-0.25, -0.2) is 4.57 Å². The average Bonchev–Trinajstić information content (AvgIpc) is 2.59. The molecule has 7 heteroatoms. The zero-order valence-corrected chi connectivity index (χ0v) is 9.44. The van der Waals surface area contributed by atoms with Crippen LogP contribution in [-0.2, 0) is 6.54 Å². The number of hydrogen-bond acceptors (Lipinski definition) is 3. The van der Waals surface area contributed by atoms with Crippen molar-refractivity contribution in [3.63, 3.8) is 0 Å². The third kappa shape index (κ3) is 2.42. The quantitative estimate of drug-likeness (QED) is 0.508. The number of aliphatic hydroxyl groups is 1. The minimum Gasteiger partial charge on any atom is -0.382 e. The summed E-state index contributed by atoms with van der Waals surface area (Å²) in [4.78, 5) is 9.10. The maximum Gasteiger partial charge on any atom is 0.323 e. The molecule has 0 amide bonds. The molecule has 15 heavy (non-hydrogen) atoms. The average molecular weight is 253 g/mol. The van der Waals surface area contributed by atoms with Gasteiger partial charge in [0.25, 0.3) is 0 Å². The summed E-state index contributed by atoms with van der Waals surface area (Å²) in [7, 11) is 0. The molecule has 1 N–H and O–H groups in total. The molecule has 0 aliphatic carbocycles. The van der Waals surface area contributed by atoms with E-state index in [1.165, 1.54) is 16.7 Å². The standard InChI is InChI=1S/C8H10Cl2N2O3/c1-2-11-5(7(13)8(9)10)3-4-6(11)12(14)15/h3-4,7-8,13H,2H2,1H3. The first kappa shape index (κ1) is 12.3. The lowest BCUT2D eigenvalue weighted by atomic mass is 10.3. The summed E-state index contributed by atoms with van der Waals surface area (Å²) >= 11 is 11.0. The zero-order valence-electron chi connectivity index (χ0n) is 7.93. The van der Waals surface area contributed by atoms with E-state index in [4.69, 9.17) is 23.2 Å². The van der Waals surface area contributed by atoms with Crippen molar-refractivity contribution in [3.8, 4) is 0 Å². The number of nitrogens with zero attached hydrogens (tertiary/aromatic N) is 2. The van der Waals surface area contributed by atoms with E-state index in [0.29, 0.717) is 12.2 Å². The molecule has 0 spiro atoms. The number of alkyl halides is 2. The molecule has 0 fully saturated rings. The lowest BCUT2D eigenvalue weighted by molar-refractivity contribution is -0.392. The number of aromatic nitrogens is 1. The van der Waals surface area contributed by atoms with E-state index in [9.17, 15) is 15.2 Å². The SMILES string of the molecule is CCn1c(C(O)C(Cl)Cl)ccc1[N+](=O)[O-]. The van der Waals surface area contributed by atoms with E-state index in [0.717, 1.165) is 0 Å². The van der Waals surface area contributed by atoms with Gasteiger partial charge >= 0.3 is 5.82 Å². The highest BCUT2D eigenvalue weighted by molar-refractivity contribution is 6.44. The molecular weight excluding hydrogens is 243 g/mol. The largest absolute Gasteiger partial charge is 0.382 e. The lowest BCUT2D eigenvalue weighted by Gasteiger charge is -2.10. The topological polar surface area (TPSA) is 68.3 Å². The van der Waals surface area contributed by atoms with Crippen LogP contribution in [0.25, 0.3) is 0 Å². The Bertz CT molecular complexity index is 365. The van der Waals surface area contributed by atoms with Gasteiger partial charge in [0, 0.05) is 6.07 Å². The Hall–Kier alpha value is -0.780. The Balaban J connectivity index is 3.14. The minimum absolute atomic E-state index is 0.0828. The molecule has 0 radical (unpaired) electrons. The van der Waals surface area contributed by atoms with Crippen LogP contribution in [0.2, 0.25) is 0 Å². The Morgan fingerprint density at radius 1 is 1.60 bits per heavy atom. The molecule has 1 unspecified atom stereocenters. The van der Waals surface area contributed by atoms with Gasteiger partial charge in [-0.3, -0.25) is 0 Å². The number of nitro groups is 1. The van der Waals surface area contributed by atoms with Crippen molar-refractivity contribution in [1.29, 1.82) is 0 Å². The molecule has 1 atom stereocenters. The first-order chi connectivity index (χ1) is 6.99. The molecule has 1 aromatic heterocycles. The first-order valence-electron chi connectivity index (χ1n) is 4.29. The number of aliphatic hydroxyl groups excluding tert-OH is 1. The highest BCUT2D eigenvalue weighted by Gasteiger charge is 2.26. The van der Waals surface area contributed by atoms with Gasteiger partial charge in [-0.05, 0) is 17.9 Å². The van der Waals surface area contributed by atoms with Gasteiger partial charge < -0.3 is 15.2 Å². The van der Waals surface area contributed by atoms with Crippen molar-refractivity contribution in [2.24, 2.45) is 0 Å². The number of rotatable bonds is 4. The predicted octanol–water partition coefficient (Wildman–Crippen LogP) is 2.25. The Labute approximate surface area is 96.4 Å². The second kappa shape index (κ2) is 4.83. The normalized spacial score (nSPS) is 13.1. The van der Waals surface area contributed by atoms with Crippen LogP contribution in [0.3, 0.4) is 0 Å². The molecule has 0 aromatic carbocycles. The van der Waals surface area contributed by atoms with Gasteiger partial charge in [0.1, 0.15) is 16.6 Å². The molecule has 1 rings (SSSR count). The lowest BCUT2D eigenvalue weighted by Crippen LogP contribution is -2.13. The van der Waals surface area contributed by atoms with Crippen molar-refractivity contribution in [2.75, 3.05) is 0 Å². The number of hydrogen-bond donors (Lipinski definition) is 1. The smallest absolute Gasteiger partial charge is 0.323 e. The second-order valence-corrected chi connectivity index (χ2v) is 4.06. The maximum absolute atomic E-state index is 10.6. The van der Waals surface area contributed by atoms with Gasteiger partial charge in [0.15, 0.2) is 0 Å². The van der Waals surface area contributed by atoms with E-state index in [2.05, 4.69) is 0 Å². The van der Waals surface area contributed by atoms with Gasteiger partial charge in [0.2, 0.25) is 0 Å². The van der Waals surface area contributed by atoms with Crippen molar-refractivity contribution in [3.05, 3.63) is 27.9 Å². The van der Waals surface area contributed by atoms with Crippen molar-refractivity contribution in [2.45, 2.75) is 24.4 Å². The summed E-state index contributed by atoms with van der Waals surface area (Å²) in [5.74, 6) is -0.0828. The molecular formula is C8H10Cl2N2O3. The monoisotopic (exact) mass is 252 g/mol. The van der Waals surface area contributed by atoms with Gasteiger partial charge in [-0.1, -0.05) is 0 Å². The van der Waals surface area contributed by atoms with Crippen LogP contribution >= 0.6 is 23.2 Å². The molecule has 0 saturated carbocycles. The maximum atomic E-state index is 10.6. The highest BCUT2D eigenvalue weighted by Crippen LogP contribution is 2.28. The van der Waals surface area contributed by atoms with Crippen LogP contribution in [0.4, 0.5) is 5.82 Å². The predicted molar refractivity (Wildman–Crippen MR) is 57.2 cm³/mol. The van der Waals surface area contributed by atoms with Crippen molar-refractivity contribution in [1.82, 2.24) is 4.57 Å². The van der Waals surface area contributed by atoms with Crippen molar-refractivity contribution < 1.29 is 10.0 Å². The molecule has 0 aliphatic rings. The van der Waals surface area contributed by atoms with Crippen LogP contribution in [-0.4, -0.2) is 19.4 Å². The van der Waals surface area contributed by atoms with E-state index >= 15 is 0 Å². The third-order valence-corrected chi connectivity index (χ3v) is 2.51. The van der Waals surface area contributed by atoms with Crippen LogP contribution in [0.15, 0.2) is 12.1 Å². The Morgan fingerprint density at radius 2 is 2.20 bits per heavy atom. The van der Waals surface area contributed by atoms with Crippen LogP contribution < -0.4 is 0 Å². The summed E-state index contributed by atoms with van der Waals surface area (Å²) in [5, 5.41) is 20.2. The van der Waals surface area contributed by atoms with Crippen molar-refractivity contribution >= 4 is 29.0 Å². The summed E-state index contributed by atoms with van der Waals surface area (Å²) in [6.07, 6.45) is -1.12. The van der Waals surface area contributed by atoms with E-state index in [1.54, 1.807) is 6.92 Å². The first-order valence-corrected chi connectivity index (χ1v) is 5.16.